The van der Waals surface area contributed by atoms with Gasteiger partial charge in [0.15, 0.2) is 0 Å². The van der Waals surface area contributed by atoms with Crippen LogP contribution in [0, 0.1) is 0 Å². The SMILES string of the molecule is COc1ccc(/C=C(\NC(=O)c2ccccc2)C(=O)Nc2ccc(SC(C)C(=O)Nc3ccccc3Cl)cc2)c(OC)c1. The fourth-order valence-electron chi connectivity index (χ4n) is 3.91. The van der Waals surface area contributed by atoms with Crippen LogP contribution < -0.4 is 25.4 Å². The van der Waals surface area contributed by atoms with Crippen LogP contribution in [-0.4, -0.2) is 37.2 Å². The molecule has 0 aliphatic rings. The van der Waals surface area contributed by atoms with Crippen LogP contribution in [0.4, 0.5) is 11.4 Å². The molecule has 0 radical (unpaired) electrons. The van der Waals surface area contributed by atoms with Crippen LogP contribution in [0.5, 0.6) is 11.5 Å². The molecule has 1 atom stereocenters. The predicted octanol–water partition coefficient (Wildman–Crippen LogP) is 6.89. The number of thioether (sulfide) groups is 1. The van der Waals surface area contributed by atoms with E-state index in [1.165, 1.54) is 24.9 Å². The first kappa shape index (κ1) is 31.2. The number of benzene rings is 4. The fraction of sp³-hybridized carbons (Fsp3) is 0.121. The normalized spacial score (nSPS) is 11.7. The van der Waals surface area contributed by atoms with Gasteiger partial charge in [0.2, 0.25) is 5.91 Å². The number of hydrogen-bond acceptors (Lipinski definition) is 6. The average molecular weight is 616 g/mol. The molecule has 0 fully saturated rings. The van der Waals surface area contributed by atoms with Gasteiger partial charge in [0.05, 0.1) is 30.2 Å². The lowest BCUT2D eigenvalue weighted by molar-refractivity contribution is -0.115. The molecule has 1 unspecified atom stereocenters. The number of carbonyl (C=O) groups is 3. The van der Waals surface area contributed by atoms with Gasteiger partial charge >= 0.3 is 0 Å². The van der Waals surface area contributed by atoms with Crippen molar-refractivity contribution in [3.8, 4) is 11.5 Å². The average Bonchev–Trinajstić information content (AvgIpc) is 3.03. The maximum Gasteiger partial charge on any atom is 0.272 e. The number of ether oxygens (including phenoxy) is 2. The molecule has 220 valence electrons. The van der Waals surface area contributed by atoms with Gasteiger partial charge in [0.1, 0.15) is 17.2 Å². The number of halogens is 1. The van der Waals surface area contributed by atoms with Gasteiger partial charge in [-0.05, 0) is 73.7 Å². The minimum Gasteiger partial charge on any atom is -0.497 e. The number of anilines is 2. The molecule has 3 amide bonds. The molecular formula is C33H30ClN3O5S. The maximum atomic E-state index is 13.4. The molecule has 0 saturated carbocycles. The van der Waals surface area contributed by atoms with Crippen molar-refractivity contribution in [3.05, 3.63) is 119 Å². The first-order valence-corrected chi connectivity index (χ1v) is 14.5. The molecule has 0 saturated heterocycles. The van der Waals surface area contributed by atoms with Crippen LogP contribution in [0.3, 0.4) is 0 Å². The number of amides is 3. The van der Waals surface area contributed by atoms with Gasteiger partial charge in [-0.3, -0.25) is 14.4 Å². The molecule has 3 N–H and O–H groups in total. The molecule has 0 heterocycles. The molecule has 0 aliphatic heterocycles. The molecule has 0 bridgehead atoms. The zero-order valence-corrected chi connectivity index (χ0v) is 25.3. The predicted molar refractivity (Wildman–Crippen MR) is 172 cm³/mol. The van der Waals surface area contributed by atoms with Gasteiger partial charge in [-0.2, -0.15) is 0 Å². The lowest BCUT2D eigenvalue weighted by Crippen LogP contribution is -2.30. The summed E-state index contributed by atoms with van der Waals surface area (Å²) in [5.74, 6) is -0.108. The van der Waals surface area contributed by atoms with Gasteiger partial charge in [-0.15, -0.1) is 11.8 Å². The van der Waals surface area contributed by atoms with Crippen LogP contribution >= 0.6 is 23.4 Å². The second-order valence-corrected chi connectivity index (χ2v) is 11.0. The van der Waals surface area contributed by atoms with Crippen molar-refractivity contribution in [3.63, 3.8) is 0 Å². The smallest absolute Gasteiger partial charge is 0.272 e. The first-order chi connectivity index (χ1) is 20.8. The van der Waals surface area contributed by atoms with Gasteiger partial charge in [0.25, 0.3) is 11.8 Å². The summed E-state index contributed by atoms with van der Waals surface area (Å²) in [6.45, 7) is 1.80. The number of methoxy groups -OCH3 is 2. The van der Waals surface area contributed by atoms with E-state index < -0.39 is 17.1 Å². The topological polar surface area (TPSA) is 106 Å². The lowest BCUT2D eigenvalue weighted by atomic mass is 10.1. The highest BCUT2D eigenvalue weighted by molar-refractivity contribution is 8.00. The van der Waals surface area contributed by atoms with Crippen LogP contribution in [0.15, 0.2) is 108 Å². The largest absolute Gasteiger partial charge is 0.497 e. The van der Waals surface area contributed by atoms with E-state index in [-0.39, 0.29) is 11.6 Å². The molecule has 0 aliphatic carbocycles. The maximum absolute atomic E-state index is 13.4. The zero-order chi connectivity index (χ0) is 30.8. The van der Waals surface area contributed by atoms with Gasteiger partial charge in [-0.25, -0.2) is 0 Å². The standard InChI is InChI=1S/C33H30ClN3O5S/c1-21(31(38)36-28-12-8-7-11-27(28)34)43-26-17-14-24(15-18-26)35-33(40)29(37-32(39)22-9-5-4-6-10-22)19-23-13-16-25(41-2)20-30(23)42-3/h4-21H,1-3H3,(H,35,40)(H,36,38)(H,37,39)/b29-19-. The second-order valence-electron chi connectivity index (χ2n) is 9.19. The third-order valence-electron chi connectivity index (χ3n) is 6.20. The Morgan fingerprint density at radius 3 is 2.21 bits per heavy atom. The van der Waals surface area contributed by atoms with E-state index in [0.717, 1.165) is 4.90 Å². The van der Waals surface area contributed by atoms with Crippen LogP contribution in [-0.2, 0) is 9.59 Å². The number of para-hydroxylation sites is 1. The van der Waals surface area contributed by atoms with Crippen molar-refractivity contribution in [1.29, 1.82) is 0 Å². The molecule has 0 aromatic heterocycles. The van der Waals surface area contributed by atoms with Crippen molar-refractivity contribution in [2.24, 2.45) is 0 Å². The summed E-state index contributed by atoms with van der Waals surface area (Å²) >= 11 is 7.52. The van der Waals surface area contributed by atoms with Crippen molar-refractivity contribution >= 4 is 58.5 Å². The molecular weight excluding hydrogens is 586 g/mol. The minimum absolute atomic E-state index is 0.0145. The highest BCUT2D eigenvalue weighted by atomic mass is 35.5. The van der Waals surface area contributed by atoms with Crippen LogP contribution in [0.2, 0.25) is 5.02 Å². The lowest BCUT2D eigenvalue weighted by Gasteiger charge is -2.14. The highest BCUT2D eigenvalue weighted by Gasteiger charge is 2.18. The van der Waals surface area contributed by atoms with Crippen molar-refractivity contribution < 1.29 is 23.9 Å². The Morgan fingerprint density at radius 2 is 1.53 bits per heavy atom. The van der Waals surface area contributed by atoms with Gasteiger partial charge in [-0.1, -0.05) is 41.9 Å². The van der Waals surface area contributed by atoms with Gasteiger partial charge < -0.3 is 25.4 Å². The Kier molecular flexibility index (Phi) is 10.9. The molecule has 10 heteroatoms. The minimum atomic E-state index is -0.532. The molecule has 0 spiro atoms. The van der Waals surface area contributed by atoms with E-state index >= 15 is 0 Å². The van der Waals surface area contributed by atoms with Crippen molar-refractivity contribution in [2.75, 3.05) is 24.9 Å². The molecule has 4 aromatic carbocycles. The molecule has 8 nitrogen and oxygen atoms in total. The third kappa shape index (κ3) is 8.64. The number of carbonyl (C=O) groups excluding carboxylic acids is 3. The summed E-state index contributed by atoms with van der Waals surface area (Å²) in [7, 11) is 3.05. The summed E-state index contributed by atoms with van der Waals surface area (Å²) in [6.07, 6.45) is 1.54. The number of hydrogen-bond donors (Lipinski definition) is 3. The summed E-state index contributed by atoms with van der Waals surface area (Å²) in [6, 6.07) is 27.9. The summed E-state index contributed by atoms with van der Waals surface area (Å²) < 4.78 is 10.7. The Balaban J connectivity index is 1.49. The summed E-state index contributed by atoms with van der Waals surface area (Å²) in [5.41, 5.74) is 2.04. The fourth-order valence-corrected chi connectivity index (χ4v) is 4.96. The first-order valence-electron chi connectivity index (χ1n) is 13.2. The van der Waals surface area contributed by atoms with Gasteiger partial charge in [0, 0.05) is 27.8 Å². The summed E-state index contributed by atoms with van der Waals surface area (Å²) in [5, 5.41) is 8.45. The van der Waals surface area contributed by atoms with E-state index in [4.69, 9.17) is 21.1 Å². The zero-order valence-electron chi connectivity index (χ0n) is 23.7. The molecule has 4 rings (SSSR count). The van der Waals surface area contributed by atoms with E-state index in [2.05, 4.69) is 16.0 Å². The Labute approximate surface area is 259 Å². The van der Waals surface area contributed by atoms with Crippen LogP contribution in [0.25, 0.3) is 6.08 Å². The van der Waals surface area contributed by atoms with Crippen molar-refractivity contribution in [2.45, 2.75) is 17.1 Å². The van der Waals surface area contributed by atoms with E-state index in [0.29, 0.717) is 39.0 Å². The number of rotatable bonds is 11. The number of nitrogens with one attached hydrogen (secondary N) is 3. The Morgan fingerprint density at radius 1 is 0.837 bits per heavy atom. The quantitative estimate of drug-likeness (QED) is 0.125. The summed E-state index contributed by atoms with van der Waals surface area (Å²) in [4.78, 5) is 39.9. The van der Waals surface area contributed by atoms with E-state index in [1.54, 1.807) is 111 Å². The Bertz CT molecular complexity index is 1630. The Hall–Kier alpha value is -4.73. The van der Waals surface area contributed by atoms with Crippen molar-refractivity contribution in [1.82, 2.24) is 5.32 Å². The third-order valence-corrected chi connectivity index (χ3v) is 7.64. The molecule has 4 aromatic rings. The van der Waals surface area contributed by atoms with Crippen LogP contribution in [0.1, 0.15) is 22.8 Å². The van der Waals surface area contributed by atoms with E-state index in [9.17, 15) is 14.4 Å². The van der Waals surface area contributed by atoms with E-state index in [1.807, 2.05) is 0 Å². The second kappa shape index (κ2) is 14.9. The highest BCUT2D eigenvalue weighted by Crippen LogP contribution is 2.29. The molecule has 43 heavy (non-hydrogen) atoms. The monoisotopic (exact) mass is 615 g/mol.